The van der Waals surface area contributed by atoms with Crippen LogP contribution in [0.1, 0.15) is 50.7 Å². The lowest BCUT2D eigenvalue weighted by Crippen LogP contribution is -3.00. The van der Waals surface area contributed by atoms with Crippen molar-refractivity contribution >= 4 is 37.3 Å². The molecule has 2 aliphatic heterocycles. The highest BCUT2D eigenvalue weighted by Crippen LogP contribution is 2.36. The lowest BCUT2D eigenvalue weighted by molar-refractivity contribution is -0.00000969. The zero-order chi connectivity index (χ0) is 24.7. The first kappa shape index (κ1) is 27.7. The van der Waals surface area contributed by atoms with Gasteiger partial charge in [-0.3, -0.25) is 0 Å². The van der Waals surface area contributed by atoms with Gasteiger partial charge in [0.25, 0.3) is 0 Å². The topological polar surface area (TPSA) is 56.5 Å². The maximum absolute atomic E-state index is 13.1. The molecule has 5 rings (SSSR count). The van der Waals surface area contributed by atoms with Crippen LogP contribution < -0.4 is 38.8 Å². The van der Waals surface area contributed by atoms with Crippen LogP contribution in [0.5, 0.6) is 0 Å². The molecule has 36 heavy (non-hydrogen) atoms. The number of nitrogens with zero attached hydrogens (tertiary/aromatic N) is 4. The summed E-state index contributed by atoms with van der Waals surface area (Å²) in [7, 11) is 1.00. The van der Waals surface area contributed by atoms with Crippen molar-refractivity contribution < 1.29 is 32.4 Å². The molecule has 0 amide bonds. The highest BCUT2D eigenvalue weighted by molar-refractivity contribution is 7.89. The maximum Gasteiger partial charge on any atom is 0.217 e. The Morgan fingerprint density at radius 3 is 2.25 bits per heavy atom. The van der Waals surface area contributed by atoms with Crippen molar-refractivity contribution in [3.05, 3.63) is 40.7 Å². The van der Waals surface area contributed by atoms with E-state index in [2.05, 4.69) is 61.7 Å². The Bertz CT molecular complexity index is 1380. The van der Waals surface area contributed by atoms with Crippen LogP contribution in [-0.4, -0.2) is 63.2 Å². The van der Waals surface area contributed by atoms with Gasteiger partial charge in [0.2, 0.25) is 15.4 Å². The first-order valence-electron chi connectivity index (χ1n) is 13.0. The highest BCUT2D eigenvalue weighted by Gasteiger charge is 2.35. The largest absolute Gasteiger partial charge is 1.00 e. The van der Waals surface area contributed by atoms with E-state index in [1.165, 1.54) is 31.7 Å². The molecule has 2 aliphatic carbocycles. The summed E-state index contributed by atoms with van der Waals surface area (Å²) in [6, 6.07) is 9.04. The van der Waals surface area contributed by atoms with Crippen molar-refractivity contribution in [1.82, 2.24) is 13.9 Å². The highest BCUT2D eigenvalue weighted by atomic mass is 127. The maximum atomic E-state index is 13.1. The van der Waals surface area contributed by atoms with Crippen molar-refractivity contribution in [3.63, 3.8) is 0 Å². The average Bonchev–Trinajstić information content (AvgIpc) is 3.42. The third-order valence-corrected chi connectivity index (χ3v) is 11.1. The molecule has 2 fully saturated rings. The molecule has 0 aromatic heterocycles. The molecule has 0 N–H and O–H groups in total. The molecule has 0 radical (unpaired) electrons. The van der Waals surface area contributed by atoms with Crippen molar-refractivity contribution in [1.29, 1.82) is 0 Å². The number of aryl methyl sites for hydroxylation is 2. The molecule has 196 valence electrons. The third kappa shape index (κ3) is 5.17. The molecule has 9 heteroatoms. The molecule has 1 saturated heterocycles. The number of hydrogen-bond acceptors (Lipinski definition) is 5. The van der Waals surface area contributed by atoms with Gasteiger partial charge in [-0.15, -0.1) is 11.3 Å². The Kier molecular flexibility index (Phi) is 8.63. The summed E-state index contributed by atoms with van der Waals surface area (Å²) in [6.07, 6.45) is 5.61. The molecule has 2 heterocycles. The Labute approximate surface area is 236 Å². The molecule has 0 bridgehead atoms. The SMILES string of the molecule is CCc1cc(=[N+](C)C)cc2sc3cc(N4CCN(S(=O)(=O)C5CCCC5)CC4)cc(CC)c3nc1-2.[I-]. The summed E-state index contributed by atoms with van der Waals surface area (Å²) in [6.45, 7) is 7.00. The van der Waals surface area contributed by atoms with Crippen LogP contribution >= 0.6 is 11.3 Å². The zero-order valence-electron chi connectivity index (χ0n) is 21.8. The van der Waals surface area contributed by atoms with E-state index in [0.29, 0.717) is 13.1 Å². The van der Waals surface area contributed by atoms with E-state index in [4.69, 9.17) is 4.98 Å². The van der Waals surface area contributed by atoms with E-state index < -0.39 is 10.0 Å². The van der Waals surface area contributed by atoms with Gasteiger partial charge in [-0.1, -0.05) is 26.7 Å². The Balaban J connectivity index is 0.00000304. The van der Waals surface area contributed by atoms with Crippen LogP contribution in [0, 0.1) is 0 Å². The number of anilines is 1. The van der Waals surface area contributed by atoms with Gasteiger partial charge in [-0.2, -0.15) is 4.31 Å². The smallest absolute Gasteiger partial charge is 0.217 e. The van der Waals surface area contributed by atoms with E-state index in [-0.39, 0.29) is 29.2 Å². The van der Waals surface area contributed by atoms with Crippen molar-refractivity contribution in [2.75, 3.05) is 45.2 Å². The Hall–Kier alpha value is -1.30. The molecule has 6 nitrogen and oxygen atoms in total. The van der Waals surface area contributed by atoms with Crippen molar-refractivity contribution in [3.8, 4) is 10.6 Å². The zero-order valence-corrected chi connectivity index (χ0v) is 25.5. The second kappa shape index (κ2) is 11.2. The van der Waals surface area contributed by atoms with Crippen LogP contribution in [0.2, 0.25) is 0 Å². The predicted octanol–water partition coefficient (Wildman–Crippen LogP) is 0.956. The lowest BCUT2D eigenvalue weighted by Gasteiger charge is -2.36. The number of fused-ring (bicyclic) bond motifs is 2. The molecule has 0 spiro atoms. The minimum absolute atomic E-state index is 0. The van der Waals surface area contributed by atoms with Crippen LogP contribution in [0.25, 0.3) is 20.8 Å². The quantitative estimate of drug-likeness (QED) is 0.237. The molecular formula is C27H37IN4O2S2. The van der Waals surface area contributed by atoms with Gasteiger partial charge < -0.3 is 28.9 Å². The van der Waals surface area contributed by atoms with Crippen LogP contribution in [-0.2, 0) is 22.9 Å². The number of halogens is 1. The standard InChI is InChI=1S/C27H37N4O2S2.HI/c1-5-19-15-21(29(3)4)17-24-26(19)28-27-20(6-2)16-22(18-25(27)34-24)30-11-13-31(14-12-30)35(32,33)23-9-7-8-10-23;/h15-18,23H,5-14H2,1-4H3;1H/q+1;/p-1. The average molecular weight is 641 g/mol. The first-order chi connectivity index (χ1) is 16.8. The van der Waals surface area contributed by atoms with E-state index >= 15 is 0 Å². The summed E-state index contributed by atoms with van der Waals surface area (Å²) < 4.78 is 31.2. The summed E-state index contributed by atoms with van der Waals surface area (Å²) >= 11 is 1.82. The second-order valence-electron chi connectivity index (χ2n) is 10.1. The predicted molar refractivity (Wildman–Crippen MR) is 147 cm³/mol. The lowest BCUT2D eigenvalue weighted by atomic mass is 10.1. The van der Waals surface area contributed by atoms with E-state index in [9.17, 15) is 8.42 Å². The van der Waals surface area contributed by atoms with Crippen LogP contribution in [0.15, 0.2) is 24.3 Å². The third-order valence-electron chi connectivity index (χ3n) is 7.69. The molecule has 1 saturated carbocycles. The fourth-order valence-electron chi connectivity index (χ4n) is 5.52. The summed E-state index contributed by atoms with van der Waals surface area (Å²) in [5, 5.41) is 1.04. The number of piperazine rings is 1. The van der Waals surface area contributed by atoms with Gasteiger partial charge >= 0.3 is 0 Å². The minimum Gasteiger partial charge on any atom is -1.00 e. The van der Waals surface area contributed by atoms with E-state index in [0.717, 1.165) is 62.8 Å². The number of sulfonamides is 1. The molecule has 1 aromatic carbocycles. The fourth-order valence-corrected chi connectivity index (χ4v) is 8.68. The van der Waals surface area contributed by atoms with Gasteiger partial charge in [0.05, 0.1) is 26.0 Å². The van der Waals surface area contributed by atoms with Crippen molar-refractivity contribution in [2.45, 2.75) is 57.6 Å². The normalized spacial score (nSPS) is 17.6. The van der Waals surface area contributed by atoms with Gasteiger partial charge in [-0.05, 0) is 48.9 Å². The number of hydrogen-bond donors (Lipinski definition) is 0. The molecular weight excluding hydrogens is 603 g/mol. The Morgan fingerprint density at radius 1 is 0.972 bits per heavy atom. The Morgan fingerprint density at radius 2 is 1.64 bits per heavy atom. The first-order valence-corrected chi connectivity index (χ1v) is 15.3. The fraction of sp³-hybridized carbons (Fsp3) is 0.556. The minimum atomic E-state index is -3.16. The van der Waals surface area contributed by atoms with E-state index in [1.807, 2.05) is 11.3 Å². The molecule has 0 unspecified atom stereocenters. The van der Waals surface area contributed by atoms with Crippen LogP contribution in [0.3, 0.4) is 0 Å². The van der Waals surface area contributed by atoms with Gasteiger partial charge in [0, 0.05) is 44.0 Å². The van der Waals surface area contributed by atoms with E-state index in [1.54, 1.807) is 4.31 Å². The second-order valence-corrected chi connectivity index (χ2v) is 13.4. The monoisotopic (exact) mass is 640 g/mol. The number of aromatic nitrogens is 1. The van der Waals surface area contributed by atoms with Crippen molar-refractivity contribution in [2.24, 2.45) is 0 Å². The summed E-state index contributed by atoms with van der Waals surface area (Å²) in [5.74, 6) is 0. The summed E-state index contributed by atoms with van der Waals surface area (Å²) in [5.41, 5.74) is 5.95. The molecule has 4 aliphatic rings. The number of rotatable bonds is 5. The van der Waals surface area contributed by atoms with Gasteiger partial charge in [0.15, 0.2) is 0 Å². The number of benzene rings is 2. The molecule has 1 aromatic rings. The molecule has 0 atom stereocenters. The summed E-state index contributed by atoms with van der Waals surface area (Å²) in [4.78, 5) is 8.75. The van der Waals surface area contributed by atoms with Gasteiger partial charge in [-0.25, -0.2) is 18.0 Å². The van der Waals surface area contributed by atoms with Crippen LogP contribution in [0.4, 0.5) is 5.69 Å². The van der Waals surface area contributed by atoms with Gasteiger partial charge in [0.1, 0.15) is 14.1 Å².